The van der Waals surface area contributed by atoms with Crippen LogP contribution in [0.2, 0.25) is 5.02 Å². The van der Waals surface area contributed by atoms with Crippen LogP contribution in [0.15, 0.2) is 27.6 Å². The van der Waals surface area contributed by atoms with Gasteiger partial charge in [-0.15, -0.1) is 0 Å². The Morgan fingerprint density at radius 1 is 1.31 bits per heavy atom. The Kier molecular flexibility index (Phi) is 5.33. The van der Waals surface area contributed by atoms with Crippen LogP contribution in [0.5, 0.6) is 0 Å². The van der Waals surface area contributed by atoms with E-state index in [1.54, 1.807) is 19.1 Å². The number of nitrogens with one attached hydrogen (secondary N) is 1. The van der Waals surface area contributed by atoms with Gasteiger partial charge in [0.25, 0.3) is 5.56 Å². The number of aryl methyl sites for hydroxylation is 2. The number of hydrogen-bond donors (Lipinski definition) is 1. The molecular formula is C19H21ClN6O3. The molecule has 0 saturated carbocycles. The smallest absolute Gasteiger partial charge is 0.298 e. The van der Waals surface area contributed by atoms with E-state index in [-0.39, 0.29) is 17.4 Å². The molecule has 152 valence electrons. The van der Waals surface area contributed by atoms with Crippen LogP contribution in [0, 0.1) is 19.8 Å². The molecule has 9 nitrogen and oxygen atoms in total. The maximum atomic E-state index is 12.6. The van der Waals surface area contributed by atoms with Crippen molar-refractivity contribution in [2.75, 3.05) is 18.4 Å². The number of carbonyl (C=O) groups excluding carboxylic acids is 1. The first-order valence-electron chi connectivity index (χ1n) is 9.41. The monoisotopic (exact) mass is 416 g/mol. The second kappa shape index (κ2) is 7.92. The third-order valence-corrected chi connectivity index (χ3v) is 5.43. The van der Waals surface area contributed by atoms with E-state index in [1.807, 2.05) is 6.92 Å². The molecule has 1 saturated heterocycles. The van der Waals surface area contributed by atoms with Gasteiger partial charge in [0, 0.05) is 25.2 Å². The van der Waals surface area contributed by atoms with Gasteiger partial charge in [-0.3, -0.25) is 14.5 Å². The van der Waals surface area contributed by atoms with Crippen molar-refractivity contribution in [1.29, 1.82) is 0 Å². The Morgan fingerprint density at radius 3 is 2.76 bits per heavy atom. The molecule has 0 bridgehead atoms. The van der Waals surface area contributed by atoms with Crippen molar-refractivity contribution in [3.8, 4) is 0 Å². The van der Waals surface area contributed by atoms with Crippen LogP contribution in [0.4, 0.5) is 5.82 Å². The number of piperidine rings is 1. The molecule has 1 aliphatic rings. The number of carbonyl (C=O) groups is 1. The van der Waals surface area contributed by atoms with E-state index >= 15 is 0 Å². The summed E-state index contributed by atoms with van der Waals surface area (Å²) in [6.45, 7) is 5.34. The summed E-state index contributed by atoms with van der Waals surface area (Å²) in [5.41, 5.74) is 0.749. The van der Waals surface area contributed by atoms with Crippen molar-refractivity contribution in [1.82, 2.24) is 24.8 Å². The molecule has 0 aromatic carbocycles. The summed E-state index contributed by atoms with van der Waals surface area (Å²) in [6, 6.07) is 3.37. The Bertz CT molecular complexity index is 1100. The number of aromatic nitrogens is 4. The van der Waals surface area contributed by atoms with E-state index in [2.05, 4.69) is 25.5 Å². The number of halogens is 1. The van der Waals surface area contributed by atoms with Gasteiger partial charge in [-0.1, -0.05) is 16.8 Å². The molecule has 3 aromatic heterocycles. The van der Waals surface area contributed by atoms with Crippen LogP contribution < -0.4 is 10.9 Å². The highest BCUT2D eigenvalue weighted by atomic mass is 35.5. The van der Waals surface area contributed by atoms with Crippen molar-refractivity contribution < 1.29 is 9.32 Å². The maximum Gasteiger partial charge on any atom is 0.298 e. The molecule has 1 N–H and O–H groups in total. The summed E-state index contributed by atoms with van der Waals surface area (Å²) >= 11 is 5.81. The van der Waals surface area contributed by atoms with Gasteiger partial charge in [-0.05, 0) is 38.8 Å². The summed E-state index contributed by atoms with van der Waals surface area (Å²) in [5, 5.41) is 12.3. The molecular weight excluding hydrogens is 396 g/mol. The van der Waals surface area contributed by atoms with E-state index in [0.29, 0.717) is 65.8 Å². The zero-order valence-corrected chi connectivity index (χ0v) is 16.9. The number of amides is 1. The zero-order chi connectivity index (χ0) is 20.5. The SMILES string of the molecule is Cc1nn(CN2CCC(C(=O)Nc3ccc(Cl)cn3)CC2)c(=O)c2noc(C)c12. The molecule has 0 unspecified atom stereocenters. The van der Waals surface area contributed by atoms with Crippen molar-refractivity contribution in [3.63, 3.8) is 0 Å². The summed E-state index contributed by atoms with van der Waals surface area (Å²) in [7, 11) is 0. The number of fused-ring (bicyclic) bond motifs is 1. The first kappa shape index (κ1) is 19.5. The van der Waals surface area contributed by atoms with E-state index in [1.165, 1.54) is 10.9 Å². The van der Waals surface area contributed by atoms with Crippen molar-refractivity contribution in [2.24, 2.45) is 5.92 Å². The average Bonchev–Trinajstić information content (AvgIpc) is 3.10. The summed E-state index contributed by atoms with van der Waals surface area (Å²) in [6.07, 6.45) is 2.89. The highest BCUT2D eigenvalue weighted by molar-refractivity contribution is 6.30. The fourth-order valence-electron chi connectivity index (χ4n) is 3.64. The third-order valence-electron chi connectivity index (χ3n) is 5.20. The maximum absolute atomic E-state index is 12.6. The first-order valence-corrected chi connectivity index (χ1v) is 9.78. The van der Waals surface area contributed by atoms with Gasteiger partial charge in [0.2, 0.25) is 5.91 Å². The van der Waals surface area contributed by atoms with Gasteiger partial charge >= 0.3 is 0 Å². The molecule has 0 spiro atoms. The van der Waals surface area contributed by atoms with Crippen LogP contribution >= 0.6 is 11.6 Å². The molecule has 1 fully saturated rings. The lowest BCUT2D eigenvalue weighted by molar-refractivity contribution is -0.121. The summed E-state index contributed by atoms with van der Waals surface area (Å²) < 4.78 is 6.56. The van der Waals surface area contributed by atoms with Crippen LogP contribution in [0.1, 0.15) is 24.3 Å². The van der Waals surface area contributed by atoms with Gasteiger partial charge in [-0.2, -0.15) is 5.10 Å². The van der Waals surface area contributed by atoms with E-state index < -0.39 is 0 Å². The molecule has 0 atom stereocenters. The zero-order valence-electron chi connectivity index (χ0n) is 16.2. The number of anilines is 1. The summed E-state index contributed by atoms with van der Waals surface area (Å²) in [5.74, 6) is 0.932. The quantitative estimate of drug-likeness (QED) is 0.695. The fraction of sp³-hybridized carbons (Fsp3) is 0.421. The van der Waals surface area contributed by atoms with Gasteiger partial charge in [0.1, 0.15) is 11.6 Å². The van der Waals surface area contributed by atoms with Gasteiger partial charge in [0.15, 0.2) is 5.52 Å². The molecule has 4 rings (SSSR count). The Labute approximate surface area is 171 Å². The number of rotatable bonds is 4. The molecule has 1 amide bonds. The Balaban J connectivity index is 1.38. The van der Waals surface area contributed by atoms with Crippen molar-refractivity contribution in [3.05, 3.63) is 45.2 Å². The third kappa shape index (κ3) is 4.01. The second-order valence-corrected chi connectivity index (χ2v) is 7.67. The first-order chi connectivity index (χ1) is 13.9. The number of hydrogen-bond acceptors (Lipinski definition) is 7. The number of nitrogens with zero attached hydrogens (tertiary/aromatic N) is 5. The molecule has 10 heteroatoms. The van der Waals surface area contributed by atoms with Crippen LogP contribution in [-0.4, -0.2) is 43.8 Å². The summed E-state index contributed by atoms with van der Waals surface area (Å²) in [4.78, 5) is 31.3. The largest absolute Gasteiger partial charge is 0.360 e. The predicted octanol–water partition coefficient (Wildman–Crippen LogP) is 2.36. The van der Waals surface area contributed by atoms with Gasteiger partial charge in [-0.25, -0.2) is 9.67 Å². The van der Waals surface area contributed by atoms with Crippen molar-refractivity contribution >= 4 is 34.2 Å². The second-order valence-electron chi connectivity index (χ2n) is 7.24. The van der Waals surface area contributed by atoms with E-state index in [9.17, 15) is 9.59 Å². The lowest BCUT2D eigenvalue weighted by Gasteiger charge is -2.31. The molecule has 29 heavy (non-hydrogen) atoms. The molecule has 3 aromatic rings. The average molecular weight is 417 g/mol. The highest BCUT2D eigenvalue weighted by Crippen LogP contribution is 2.21. The molecule has 0 radical (unpaired) electrons. The number of likely N-dealkylation sites (tertiary alicyclic amines) is 1. The topological polar surface area (TPSA) is 106 Å². The standard InChI is InChI=1S/C19H21ClN6O3/c1-11-16-12(2)29-24-17(16)19(28)26(23-11)10-25-7-5-13(6-8-25)18(27)22-15-4-3-14(20)9-21-15/h3-4,9,13H,5-8,10H2,1-2H3,(H,21,22,27). The minimum absolute atomic E-state index is 0.0508. The Morgan fingerprint density at radius 2 is 2.07 bits per heavy atom. The van der Waals surface area contributed by atoms with Gasteiger partial charge in [0.05, 0.1) is 22.8 Å². The van der Waals surface area contributed by atoms with Crippen LogP contribution in [0.3, 0.4) is 0 Å². The highest BCUT2D eigenvalue weighted by Gasteiger charge is 2.26. The Hall–Kier alpha value is -2.78. The van der Waals surface area contributed by atoms with E-state index in [0.717, 1.165) is 0 Å². The molecule has 1 aliphatic heterocycles. The minimum Gasteiger partial charge on any atom is -0.360 e. The lowest BCUT2D eigenvalue weighted by atomic mass is 9.96. The molecule has 4 heterocycles. The van der Waals surface area contributed by atoms with Crippen LogP contribution in [0.25, 0.3) is 10.9 Å². The normalized spacial score (nSPS) is 15.7. The lowest BCUT2D eigenvalue weighted by Crippen LogP contribution is -2.41. The minimum atomic E-state index is -0.267. The number of pyridine rings is 1. The van der Waals surface area contributed by atoms with E-state index in [4.69, 9.17) is 16.1 Å². The van der Waals surface area contributed by atoms with Crippen LogP contribution in [-0.2, 0) is 11.5 Å². The fourth-order valence-corrected chi connectivity index (χ4v) is 3.75. The van der Waals surface area contributed by atoms with Gasteiger partial charge < -0.3 is 9.84 Å². The van der Waals surface area contributed by atoms with Crippen molar-refractivity contribution in [2.45, 2.75) is 33.4 Å². The molecule has 0 aliphatic carbocycles. The predicted molar refractivity (Wildman–Crippen MR) is 108 cm³/mol.